The van der Waals surface area contributed by atoms with Crippen LogP contribution in [0.25, 0.3) is 22.3 Å². The molecule has 0 aliphatic heterocycles. The largest absolute Gasteiger partial charge is 0.325 e. The first-order valence-electron chi connectivity index (χ1n) is 6.30. The first-order chi connectivity index (χ1) is 9.75. The summed E-state index contributed by atoms with van der Waals surface area (Å²) in [7, 11) is 0. The monoisotopic (exact) mass is 263 g/mol. The standard InChI is InChI=1S/C16H13N3O/c1-11-14(12-2-6-17-7-3-12)10-15(16(20)19-11)13-4-8-18-9-5-13/h2-10H,1H3,(H,19,20). The Labute approximate surface area is 116 Å². The number of aromatic amines is 1. The first kappa shape index (κ1) is 12.3. The van der Waals surface area contributed by atoms with Crippen LogP contribution in [0.15, 0.2) is 59.9 Å². The molecule has 3 rings (SSSR count). The SMILES string of the molecule is Cc1[nH]c(=O)c(-c2ccncc2)cc1-c1ccncc1. The van der Waals surface area contributed by atoms with Gasteiger partial charge in [-0.25, -0.2) is 0 Å². The van der Waals surface area contributed by atoms with E-state index < -0.39 is 0 Å². The minimum Gasteiger partial charge on any atom is -0.325 e. The van der Waals surface area contributed by atoms with Gasteiger partial charge in [0.25, 0.3) is 5.56 Å². The maximum absolute atomic E-state index is 12.1. The third-order valence-electron chi connectivity index (χ3n) is 3.22. The number of rotatable bonds is 2. The van der Waals surface area contributed by atoms with Crippen LogP contribution in [-0.2, 0) is 0 Å². The van der Waals surface area contributed by atoms with E-state index in [0.717, 1.165) is 22.4 Å². The second-order valence-corrected chi connectivity index (χ2v) is 4.52. The Morgan fingerprint density at radius 3 is 1.90 bits per heavy atom. The highest BCUT2D eigenvalue weighted by Crippen LogP contribution is 2.24. The minimum atomic E-state index is -0.0912. The summed E-state index contributed by atoms with van der Waals surface area (Å²) in [5.74, 6) is 0. The van der Waals surface area contributed by atoms with E-state index in [1.165, 1.54) is 0 Å². The van der Waals surface area contributed by atoms with Gasteiger partial charge < -0.3 is 4.98 Å². The van der Waals surface area contributed by atoms with Crippen molar-refractivity contribution in [3.63, 3.8) is 0 Å². The molecule has 3 aromatic rings. The smallest absolute Gasteiger partial charge is 0.256 e. The Bertz CT molecular complexity index is 780. The molecule has 0 saturated heterocycles. The molecule has 0 fully saturated rings. The molecule has 0 aromatic carbocycles. The van der Waals surface area contributed by atoms with Crippen molar-refractivity contribution in [2.75, 3.05) is 0 Å². The van der Waals surface area contributed by atoms with Crippen molar-refractivity contribution in [1.29, 1.82) is 0 Å². The highest BCUT2D eigenvalue weighted by atomic mass is 16.1. The van der Waals surface area contributed by atoms with E-state index in [-0.39, 0.29) is 5.56 Å². The molecular formula is C16H13N3O. The molecule has 3 aromatic heterocycles. The average Bonchev–Trinajstić information content (AvgIpc) is 2.49. The predicted molar refractivity (Wildman–Crippen MR) is 78.3 cm³/mol. The lowest BCUT2D eigenvalue weighted by atomic mass is 10.0. The van der Waals surface area contributed by atoms with E-state index in [1.807, 2.05) is 37.3 Å². The lowest BCUT2D eigenvalue weighted by Crippen LogP contribution is -2.11. The van der Waals surface area contributed by atoms with Crippen LogP contribution in [0, 0.1) is 6.92 Å². The summed E-state index contributed by atoms with van der Waals surface area (Å²) >= 11 is 0. The van der Waals surface area contributed by atoms with Crippen LogP contribution in [0.2, 0.25) is 0 Å². The van der Waals surface area contributed by atoms with Crippen molar-refractivity contribution in [3.05, 3.63) is 71.2 Å². The highest BCUT2D eigenvalue weighted by molar-refractivity contribution is 5.73. The first-order valence-corrected chi connectivity index (χ1v) is 6.30. The van der Waals surface area contributed by atoms with E-state index in [9.17, 15) is 4.79 Å². The van der Waals surface area contributed by atoms with Crippen LogP contribution in [0.4, 0.5) is 0 Å². The second kappa shape index (κ2) is 5.09. The van der Waals surface area contributed by atoms with Crippen molar-refractivity contribution < 1.29 is 0 Å². The van der Waals surface area contributed by atoms with Crippen molar-refractivity contribution in [1.82, 2.24) is 15.0 Å². The summed E-state index contributed by atoms with van der Waals surface area (Å²) in [5, 5.41) is 0. The van der Waals surface area contributed by atoms with Gasteiger partial charge in [-0.3, -0.25) is 14.8 Å². The summed E-state index contributed by atoms with van der Waals surface area (Å²) in [6.07, 6.45) is 6.85. The molecule has 4 heteroatoms. The van der Waals surface area contributed by atoms with Gasteiger partial charge in [-0.05, 0) is 48.4 Å². The summed E-state index contributed by atoms with van der Waals surface area (Å²) in [6.45, 7) is 1.90. The summed E-state index contributed by atoms with van der Waals surface area (Å²) < 4.78 is 0. The van der Waals surface area contributed by atoms with E-state index in [0.29, 0.717) is 5.56 Å². The number of nitrogens with zero attached hydrogens (tertiary/aromatic N) is 2. The van der Waals surface area contributed by atoms with Gasteiger partial charge in [0.05, 0.1) is 0 Å². The molecule has 3 heterocycles. The van der Waals surface area contributed by atoms with E-state index >= 15 is 0 Å². The number of nitrogens with one attached hydrogen (secondary N) is 1. The van der Waals surface area contributed by atoms with Gasteiger partial charge in [0.15, 0.2) is 0 Å². The molecule has 0 amide bonds. The third-order valence-corrected chi connectivity index (χ3v) is 3.22. The molecule has 0 bridgehead atoms. The van der Waals surface area contributed by atoms with Crippen LogP contribution in [-0.4, -0.2) is 15.0 Å². The van der Waals surface area contributed by atoms with Gasteiger partial charge >= 0.3 is 0 Å². The maximum atomic E-state index is 12.1. The van der Waals surface area contributed by atoms with Gasteiger partial charge in [-0.1, -0.05) is 0 Å². The molecule has 0 saturated carbocycles. The molecule has 0 atom stereocenters. The molecule has 4 nitrogen and oxygen atoms in total. The molecule has 0 unspecified atom stereocenters. The zero-order valence-electron chi connectivity index (χ0n) is 11.0. The molecule has 0 radical (unpaired) electrons. The number of aromatic nitrogens is 3. The molecule has 1 N–H and O–H groups in total. The Morgan fingerprint density at radius 1 is 0.850 bits per heavy atom. The zero-order chi connectivity index (χ0) is 13.9. The quantitative estimate of drug-likeness (QED) is 0.773. The second-order valence-electron chi connectivity index (χ2n) is 4.52. The fourth-order valence-electron chi connectivity index (χ4n) is 2.20. The molecule has 98 valence electrons. The van der Waals surface area contributed by atoms with Crippen LogP contribution >= 0.6 is 0 Å². The van der Waals surface area contributed by atoms with Crippen LogP contribution in [0.3, 0.4) is 0 Å². The molecule has 20 heavy (non-hydrogen) atoms. The highest BCUT2D eigenvalue weighted by Gasteiger charge is 2.09. The van der Waals surface area contributed by atoms with Crippen molar-refractivity contribution in [2.24, 2.45) is 0 Å². The van der Waals surface area contributed by atoms with Gasteiger partial charge in [0.2, 0.25) is 0 Å². The van der Waals surface area contributed by atoms with E-state index in [2.05, 4.69) is 15.0 Å². The van der Waals surface area contributed by atoms with Gasteiger partial charge in [0, 0.05) is 41.6 Å². The Kier molecular flexibility index (Phi) is 3.13. The van der Waals surface area contributed by atoms with Crippen molar-refractivity contribution in [2.45, 2.75) is 6.92 Å². The fourth-order valence-corrected chi connectivity index (χ4v) is 2.20. The lowest BCUT2D eigenvalue weighted by molar-refractivity contribution is 1.14. The Morgan fingerprint density at radius 2 is 1.35 bits per heavy atom. The molecular weight excluding hydrogens is 250 g/mol. The van der Waals surface area contributed by atoms with E-state index in [1.54, 1.807) is 24.8 Å². The third kappa shape index (κ3) is 2.23. The normalized spacial score (nSPS) is 10.4. The minimum absolute atomic E-state index is 0.0912. The van der Waals surface area contributed by atoms with Crippen molar-refractivity contribution in [3.8, 4) is 22.3 Å². The fraction of sp³-hybridized carbons (Fsp3) is 0.0625. The van der Waals surface area contributed by atoms with Crippen LogP contribution in [0.5, 0.6) is 0 Å². The zero-order valence-corrected chi connectivity index (χ0v) is 11.0. The van der Waals surface area contributed by atoms with E-state index in [4.69, 9.17) is 0 Å². The van der Waals surface area contributed by atoms with Crippen molar-refractivity contribution >= 4 is 0 Å². The predicted octanol–water partition coefficient (Wildman–Crippen LogP) is 2.81. The summed E-state index contributed by atoms with van der Waals surface area (Å²) in [6, 6.07) is 9.43. The van der Waals surface area contributed by atoms with Crippen LogP contribution < -0.4 is 5.56 Å². The lowest BCUT2D eigenvalue weighted by Gasteiger charge is -2.08. The molecule has 0 aliphatic carbocycles. The average molecular weight is 263 g/mol. The Balaban J connectivity index is 2.21. The molecule has 0 spiro atoms. The van der Waals surface area contributed by atoms with Gasteiger partial charge in [-0.15, -0.1) is 0 Å². The number of H-pyrrole nitrogens is 1. The topological polar surface area (TPSA) is 58.6 Å². The number of hydrogen-bond acceptors (Lipinski definition) is 3. The Hall–Kier alpha value is -2.75. The summed E-state index contributed by atoms with van der Waals surface area (Å²) in [5.41, 5.74) is 4.29. The number of hydrogen-bond donors (Lipinski definition) is 1. The number of aryl methyl sites for hydroxylation is 1. The maximum Gasteiger partial charge on any atom is 0.256 e. The van der Waals surface area contributed by atoms with Gasteiger partial charge in [-0.2, -0.15) is 0 Å². The van der Waals surface area contributed by atoms with Crippen LogP contribution in [0.1, 0.15) is 5.69 Å². The molecule has 0 aliphatic rings. The summed E-state index contributed by atoms with van der Waals surface area (Å²) in [4.78, 5) is 23.0. The number of pyridine rings is 3. The van der Waals surface area contributed by atoms with Gasteiger partial charge in [0.1, 0.15) is 0 Å².